The predicted molar refractivity (Wildman–Crippen MR) is 66.6 cm³/mol. The fourth-order valence-electron chi connectivity index (χ4n) is 2.04. The molecule has 1 N–H and O–H groups in total. The lowest BCUT2D eigenvalue weighted by Gasteiger charge is -2.09. The molecule has 0 spiro atoms. The summed E-state index contributed by atoms with van der Waals surface area (Å²) in [6.45, 7) is 1.36. The number of hydrogen-bond donors (Lipinski definition) is 1. The Hall–Kier alpha value is -1.37. The van der Waals surface area contributed by atoms with Crippen molar-refractivity contribution in [3.63, 3.8) is 0 Å². The highest BCUT2D eigenvalue weighted by molar-refractivity contribution is 7.91. The molecule has 2 rings (SSSR count). The highest BCUT2D eigenvalue weighted by Gasteiger charge is 2.32. The third-order valence-corrected chi connectivity index (χ3v) is 4.82. The van der Waals surface area contributed by atoms with Crippen LogP contribution in [0.25, 0.3) is 0 Å². The van der Waals surface area contributed by atoms with Crippen molar-refractivity contribution in [1.82, 2.24) is 14.9 Å². The molecule has 0 aliphatic carbocycles. The van der Waals surface area contributed by atoms with Crippen LogP contribution in [0.5, 0.6) is 0 Å². The van der Waals surface area contributed by atoms with Gasteiger partial charge in [0.05, 0.1) is 23.8 Å². The highest BCUT2D eigenvalue weighted by atomic mass is 32.2. The van der Waals surface area contributed by atoms with Crippen molar-refractivity contribution in [2.45, 2.75) is 19.4 Å². The third-order valence-electron chi connectivity index (χ3n) is 3.05. The van der Waals surface area contributed by atoms with Gasteiger partial charge in [-0.15, -0.1) is 0 Å². The first-order chi connectivity index (χ1) is 8.57. The number of carbonyl (C=O) groups is 1. The first-order valence-electron chi connectivity index (χ1n) is 6.01. The lowest BCUT2D eigenvalue weighted by Crippen LogP contribution is -2.32. The van der Waals surface area contributed by atoms with Gasteiger partial charge in [0.25, 0.3) is 0 Å². The van der Waals surface area contributed by atoms with E-state index in [1.54, 1.807) is 12.5 Å². The second kappa shape index (κ2) is 5.51. The van der Waals surface area contributed by atoms with E-state index in [2.05, 4.69) is 10.3 Å². The van der Waals surface area contributed by atoms with E-state index in [4.69, 9.17) is 0 Å². The van der Waals surface area contributed by atoms with Gasteiger partial charge in [-0.1, -0.05) is 0 Å². The van der Waals surface area contributed by atoms with Gasteiger partial charge < -0.3 is 9.88 Å². The average Bonchev–Trinajstić information content (AvgIpc) is 2.93. The molecule has 7 heteroatoms. The highest BCUT2D eigenvalue weighted by Crippen LogP contribution is 2.18. The lowest BCUT2D eigenvalue weighted by atomic mass is 10.1. The van der Waals surface area contributed by atoms with Crippen LogP contribution in [-0.4, -0.2) is 41.9 Å². The van der Waals surface area contributed by atoms with E-state index in [9.17, 15) is 13.2 Å². The largest absolute Gasteiger partial charge is 0.356 e. The van der Waals surface area contributed by atoms with Gasteiger partial charge in [0, 0.05) is 25.5 Å². The summed E-state index contributed by atoms with van der Waals surface area (Å²) in [5, 5.41) is 2.79. The lowest BCUT2D eigenvalue weighted by molar-refractivity contribution is -0.124. The first kappa shape index (κ1) is 13.1. The summed E-state index contributed by atoms with van der Waals surface area (Å²) in [6.07, 6.45) is 6.57. The van der Waals surface area contributed by atoms with Gasteiger partial charge in [-0.3, -0.25) is 4.79 Å². The van der Waals surface area contributed by atoms with Crippen molar-refractivity contribution < 1.29 is 13.2 Å². The van der Waals surface area contributed by atoms with E-state index in [1.807, 2.05) is 10.8 Å². The van der Waals surface area contributed by atoms with E-state index >= 15 is 0 Å². The number of amides is 1. The van der Waals surface area contributed by atoms with Crippen LogP contribution in [0, 0.1) is 5.92 Å². The molecule has 1 aliphatic heterocycles. The fourth-order valence-corrected chi connectivity index (χ4v) is 3.78. The van der Waals surface area contributed by atoms with Crippen molar-refractivity contribution in [3.05, 3.63) is 18.7 Å². The van der Waals surface area contributed by atoms with Crippen LogP contribution in [0.1, 0.15) is 12.8 Å². The summed E-state index contributed by atoms with van der Waals surface area (Å²) in [7, 11) is -2.98. The second-order valence-electron chi connectivity index (χ2n) is 4.55. The normalized spacial score (nSPS) is 21.9. The van der Waals surface area contributed by atoms with Crippen LogP contribution in [-0.2, 0) is 21.2 Å². The van der Waals surface area contributed by atoms with Crippen molar-refractivity contribution in [3.8, 4) is 0 Å². The van der Waals surface area contributed by atoms with Crippen molar-refractivity contribution in [2.75, 3.05) is 18.1 Å². The summed E-state index contributed by atoms with van der Waals surface area (Å²) in [5.74, 6) is -0.356. The number of aryl methyl sites for hydroxylation is 1. The number of nitrogens with zero attached hydrogens (tertiary/aromatic N) is 2. The summed E-state index contributed by atoms with van der Waals surface area (Å²) in [4.78, 5) is 15.6. The summed E-state index contributed by atoms with van der Waals surface area (Å²) < 4.78 is 24.4. The number of sulfone groups is 1. The molecule has 0 bridgehead atoms. The molecule has 2 heterocycles. The summed E-state index contributed by atoms with van der Waals surface area (Å²) in [6, 6.07) is 0. The van der Waals surface area contributed by atoms with Crippen LogP contribution < -0.4 is 5.32 Å². The third kappa shape index (κ3) is 3.56. The smallest absolute Gasteiger partial charge is 0.224 e. The van der Waals surface area contributed by atoms with Gasteiger partial charge in [-0.05, 0) is 12.8 Å². The molecule has 1 aromatic rings. The molecule has 1 fully saturated rings. The number of aromatic nitrogens is 2. The zero-order valence-corrected chi connectivity index (χ0v) is 10.9. The maximum atomic E-state index is 11.7. The molecule has 1 atom stereocenters. The Kier molecular flexibility index (Phi) is 4.00. The molecule has 1 saturated heterocycles. The van der Waals surface area contributed by atoms with E-state index in [0.29, 0.717) is 13.0 Å². The number of nitrogens with one attached hydrogen (secondary N) is 1. The molecule has 0 unspecified atom stereocenters. The van der Waals surface area contributed by atoms with Crippen molar-refractivity contribution in [2.24, 2.45) is 5.92 Å². The quantitative estimate of drug-likeness (QED) is 0.754. The molecular weight excluding hydrogens is 254 g/mol. The van der Waals surface area contributed by atoms with E-state index in [0.717, 1.165) is 13.0 Å². The molecule has 100 valence electrons. The minimum absolute atomic E-state index is 0.000351. The van der Waals surface area contributed by atoms with E-state index < -0.39 is 9.84 Å². The molecule has 0 aromatic carbocycles. The Morgan fingerprint density at radius 3 is 2.94 bits per heavy atom. The van der Waals surface area contributed by atoms with Crippen LogP contribution in [0.3, 0.4) is 0 Å². The van der Waals surface area contributed by atoms with Crippen molar-refractivity contribution in [1.29, 1.82) is 0 Å². The Balaban J connectivity index is 1.66. The zero-order chi connectivity index (χ0) is 13.0. The maximum absolute atomic E-state index is 11.7. The number of carbonyl (C=O) groups excluding carboxylic acids is 1. The topological polar surface area (TPSA) is 81.1 Å². The molecule has 1 amide bonds. The predicted octanol–water partition coefficient (Wildman–Crippen LogP) is -0.176. The maximum Gasteiger partial charge on any atom is 0.224 e. The summed E-state index contributed by atoms with van der Waals surface area (Å²) >= 11 is 0. The van der Waals surface area contributed by atoms with Crippen LogP contribution in [0.2, 0.25) is 0 Å². The van der Waals surface area contributed by atoms with Gasteiger partial charge in [0.2, 0.25) is 5.91 Å². The first-order valence-corrected chi connectivity index (χ1v) is 7.83. The molecule has 1 aliphatic rings. The number of hydrogen-bond acceptors (Lipinski definition) is 4. The van der Waals surface area contributed by atoms with Gasteiger partial charge >= 0.3 is 0 Å². The van der Waals surface area contributed by atoms with E-state index in [-0.39, 0.29) is 23.3 Å². The number of imidazole rings is 1. The molecule has 18 heavy (non-hydrogen) atoms. The summed E-state index contributed by atoms with van der Waals surface area (Å²) in [5.41, 5.74) is 0. The standard InChI is InChI=1S/C11H17N3O3S/c15-11(10-2-7-18(16,17)8-10)13-3-1-5-14-6-4-12-9-14/h4,6,9-10H,1-3,5,7-8H2,(H,13,15)/t10-/m0/s1. The Bertz CT molecular complexity index is 496. The number of rotatable bonds is 5. The minimum atomic E-state index is -2.98. The minimum Gasteiger partial charge on any atom is -0.356 e. The van der Waals surface area contributed by atoms with Crippen molar-refractivity contribution >= 4 is 15.7 Å². The monoisotopic (exact) mass is 271 g/mol. The fraction of sp³-hybridized carbons (Fsp3) is 0.636. The second-order valence-corrected chi connectivity index (χ2v) is 6.77. The van der Waals surface area contributed by atoms with Gasteiger partial charge in [-0.25, -0.2) is 13.4 Å². The molecule has 6 nitrogen and oxygen atoms in total. The molecule has 0 radical (unpaired) electrons. The SMILES string of the molecule is O=C(NCCCn1ccnc1)[C@H]1CCS(=O)(=O)C1. The van der Waals surface area contributed by atoms with Gasteiger partial charge in [-0.2, -0.15) is 0 Å². The molecular formula is C11H17N3O3S. The van der Waals surface area contributed by atoms with E-state index in [1.165, 1.54) is 0 Å². The molecule has 0 saturated carbocycles. The average molecular weight is 271 g/mol. The molecule has 1 aromatic heterocycles. The van der Waals surface area contributed by atoms with Crippen LogP contribution >= 0.6 is 0 Å². The van der Waals surface area contributed by atoms with Gasteiger partial charge in [0.15, 0.2) is 9.84 Å². The Labute approximate surface area is 106 Å². The zero-order valence-electron chi connectivity index (χ0n) is 10.1. The Morgan fingerprint density at radius 1 is 1.50 bits per heavy atom. The van der Waals surface area contributed by atoms with Gasteiger partial charge in [0.1, 0.15) is 0 Å². The Morgan fingerprint density at radius 2 is 2.33 bits per heavy atom. The van der Waals surface area contributed by atoms with Crippen LogP contribution in [0.15, 0.2) is 18.7 Å². The van der Waals surface area contributed by atoms with Crippen LogP contribution in [0.4, 0.5) is 0 Å².